The van der Waals surface area contributed by atoms with Crippen molar-refractivity contribution in [3.63, 3.8) is 0 Å². The van der Waals surface area contributed by atoms with Gasteiger partial charge in [0.1, 0.15) is 0 Å². The van der Waals surface area contributed by atoms with E-state index in [1.165, 1.54) is 0 Å². The van der Waals surface area contributed by atoms with E-state index in [9.17, 15) is 18.0 Å². The first-order valence-electron chi connectivity index (χ1n) is 7.30. The second-order valence-corrected chi connectivity index (χ2v) is 6.44. The standard InChI is InChI=1S/C15H13BrF3N3O2/c16-11-3-1-2-10(8-11)13(23)22-6-4-9(5-7-22)12-20-21-14(24-12)15(17,18)19/h1-3,8-9H,4-7H2. The minimum atomic E-state index is -4.64. The van der Waals surface area contributed by atoms with Gasteiger partial charge in [0, 0.05) is 29.0 Å². The first kappa shape index (κ1) is 16.9. The lowest BCUT2D eigenvalue weighted by Gasteiger charge is -2.30. The fraction of sp³-hybridized carbons (Fsp3) is 0.400. The van der Waals surface area contributed by atoms with Gasteiger partial charge in [-0.3, -0.25) is 4.79 Å². The molecule has 0 atom stereocenters. The molecule has 0 spiro atoms. The average Bonchev–Trinajstić information content (AvgIpc) is 3.04. The van der Waals surface area contributed by atoms with E-state index in [0.717, 1.165) is 4.47 Å². The fourth-order valence-corrected chi connectivity index (χ4v) is 3.05. The van der Waals surface area contributed by atoms with Crippen LogP contribution in [0.5, 0.6) is 0 Å². The Morgan fingerprint density at radius 1 is 1.25 bits per heavy atom. The summed E-state index contributed by atoms with van der Waals surface area (Å²) in [6.45, 7) is 0.861. The Morgan fingerprint density at radius 3 is 2.54 bits per heavy atom. The van der Waals surface area contributed by atoms with Crippen LogP contribution in [0.4, 0.5) is 13.2 Å². The first-order chi connectivity index (χ1) is 11.3. The van der Waals surface area contributed by atoms with E-state index < -0.39 is 12.1 Å². The van der Waals surface area contributed by atoms with Crippen LogP contribution in [0.25, 0.3) is 0 Å². The summed E-state index contributed by atoms with van der Waals surface area (Å²) < 4.78 is 43.1. The molecule has 9 heteroatoms. The maximum Gasteiger partial charge on any atom is 0.470 e. The molecule has 1 aromatic carbocycles. The lowest BCUT2D eigenvalue weighted by molar-refractivity contribution is -0.157. The van der Waals surface area contributed by atoms with Gasteiger partial charge < -0.3 is 9.32 Å². The molecular formula is C15H13BrF3N3O2. The molecule has 128 valence electrons. The Kier molecular flexibility index (Phi) is 4.62. The quantitative estimate of drug-likeness (QED) is 0.763. The van der Waals surface area contributed by atoms with Crippen molar-refractivity contribution in [2.75, 3.05) is 13.1 Å². The number of aromatic nitrogens is 2. The van der Waals surface area contributed by atoms with Gasteiger partial charge in [0.2, 0.25) is 5.89 Å². The molecule has 2 aromatic rings. The summed E-state index contributed by atoms with van der Waals surface area (Å²) in [6, 6.07) is 7.08. The molecule has 0 unspecified atom stereocenters. The topological polar surface area (TPSA) is 59.2 Å². The number of rotatable bonds is 2. The summed E-state index contributed by atoms with van der Waals surface area (Å²) in [5.41, 5.74) is 0.569. The van der Waals surface area contributed by atoms with Gasteiger partial charge in [0.05, 0.1) is 0 Å². The van der Waals surface area contributed by atoms with Crippen molar-refractivity contribution < 1.29 is 22.4 Å². The van der Waals surface area contributed by atoms with E-state index in [4.69, 9.17) is 4.42 Å². The molecule has 1 amide bonds. The molecule has 0 N–H and O–H groups in total. The van der Waals surface area contributed by atoms with Gasteiger partial charge in [-0.1, -0.05) is 22.0 Å². The molecule has 0 radical (unpaired) electrons. The van der Waals surface area contributed by atoms with Crippen LogP contribution in [0.2, 0.25) is 0 Å². The van der Waals surface area contributed by atoms with Gasteiger partial charge in [0.25, 0.3) is 5.91 Å². The number of carbonyl (C=O) groups excluding carboxylic acids is 1. The monoisotopic (exact) mass is 403 g/mol. The van der Waals surface area contributed by atoms with Gasteiger partial charge in [-0.15, -0.1) is 10.2 Å². The van der Waals surface area contributed by atoms with Gasteiger partial charge in [-0.25, -0.2) is 0 Å². The Labute approximate surface area is 144 Å². The molecular weight excluding hydrogens is 391 g/mol. The number of nitrogens with zero attached hydrogens (tertiary/aromatic N) is 3. The SMILES string of the molecule is O=C(c1cccc(Br)c1)N1CCC(c2nnc(C(F)(F)F)o2)CC1. The van der Waals surface area contributed by atoms with Crippen LogP contribution in [0, 0.1) is 0 Å². The number of carbonyl (C=O) groups is 1. The number of amides is 1. The zero-order valence-corrected chi connectivity index (χ0v) is 14.0. The van der Waals surface area contributed by atoms with E-state index in [-0.39, 0.29) is 17.7 Å². The van der Waals surface area contributed by atoms with Gasteiger partial charge >= 0.3 is 12.1 Å². The summed E-state index contributed by atoms with van der Waals surface area (Å²) in [4.78, 5) is 14.1. The molecule has 1 aromatic heterocycles. The zero-order valence-electron chi connectivity index (χ0n) is 12.4. The number of halogens is 4. The van der Waals surface area contributed by atoms with Crippen LogP contribution < -0.4 is 0 Å². The normalized spacial score (nSPS) is 16.4. The second-order valence-electron chi connectivity index (χ2n) is 5.52. The minimum absolute atomic E-state index is 0.0168. The Balaban J connectivity index is 1.63. The highest BCUT2D eigenvalue weighted by molar-refractivity contribution is 9.10. The van der Waals surface area contributed by atoms with Crippen LogP contribution >= 0.6 is 15.9 Å². The maximum atomic E-state index is 12.5. The zero-order chi connectivity index (χ0) is 17.3. The Morgan fingerprint density at radius 2 is 1.96 bits per heavy atom. The van der Waals surface area contributed by atoms with Crippen LogP contribution in [0.15, 0.2) is 33.2 Å². The third kappa shape index (κ3) is 3.61. The molecule has 1 aliphatic heterocycles. The first-order valence-corrected chi connectivity index (χ1v) is 8.09. The smallest absolute Gasteiger partial charge is 0.417 e. The van der Waals surface area contributed by atoms with E-state index in [1.54, 1.807) is 23.1 Å². The highest BCUT2D eigenvalue weighted by atomic mass is 79.9. The van der Waals surface area contributed by atoms with E-state index in [2.05, 4.69) is 26.1 Å². The van der Waals surface area contributed by atoms with Gasteiger partial charge in [0.15, 0.2) is 0 Å². The molecule has 0 saturated carbocycles. The van der Waals surface area contributed by atoms with Crippen LogP contribution in [0.3, 0.4) is 0 Å². The summed E-state index contributed by atoms with van der Waals surface area (Å²) in [6.07, 6.45) is -3.67. The largest absolute Gasteiger partial charge is 0.470 e. The molecule has 1 aliphatic rings. The second kappa shape index (κ2) is 6.54. The predicted octanol–water partition coefficient (Wildman–Crippen LogP) is 3.87. The molecule has 1 fully saturated rings. The predicted molar refractivity (Wildman–Crippen MR) is 81.3 cm³/mol. The summed E-state index contributed by atoms with van der Waals surface area (Å²) in [5.74, 6) is -1.71. The van der Waals surface area contributed by atoms with E-state index >= 15 is 0 Å². The van der Waals surface area contributed by atoms with Gasteiger partial charge in [-0.05, 0) is 31.0 Å². The Bertz CT molecular complexity index is 740. The molecule has 2 heterocycles. The highest BCUT2D eigenvalue weighted by Crippen LogP contribution is 2.32. The summed E-state index contributed by atoms with van der Waals surface area (Å²) in [7, 11) is 0. The van der Waals surface area contributed by atoms with Crippen molar-refractivity contribution in [3.05, 3.63) is 46.1 Å². The van der Waals surface area contributed by atoms with Crippen LogP contribution in [-0.4, -0.2) is 34.1 Å². The number of alkyl halides is 3. The lowest BCUT2D eigenvalue weighted by atomic mass is 9.96. The van der Waals surface area contributed by atoms with Crippen molar-refractivity contribution in [3.8, 4) is 0 Å². The number of benzene rings is 1. The van der Waals surface area contributed by atoms with Gasteiger partial charge in [-0.2, -0.15) is 13.2 Å². The number of likely N-dealkylation sites (tertiary alicyclic amines) is 1. The Hall–Kier alpha value is -1.90. The van der Waals surface area contributed by atoms with Crippen LogP contribution in [-0.2, 0) is 6.18 Å². The molecule has 24 heavy (non-hydrogen) atoms. The average molecular weight is 404 g/mol. The van der Waals surface area contributed by atoms with E-state index in [1.807, 2.05) is 6.07 Å². The molecule has 5 nitrogen and oxygen atoms in total. The van der Waals surface area contributed by atoms with Crippen molar-refractivity contribution in [1.29, 1.82) is 0 Å². The van der Waals surface area contributed by atoms with Crippen molar-refractivity contribution in [2.45, 2.75) is 24.9 Å². The number of hydrogen-bond acceptors (Lipinski definition) is 4. The number of hydrogen-bond donors (Lipinski definition) is 0. The molecule has 0 bridgehead atoms. The fourth-order valence-electron chi connectivity index (χ4n) is 2.65. The minimum Gasteiger partial charge on any atom is -0.417 e. The molecule has 1 saturated heterocycles. The van der Waals surface area contributed by atoms with Crippen LogP contribution in [0.1, 0.15) is 40.9 Å². The third-order valence-corrected chi connectivity index (χ3v) is 4.38. The van der Waals surface area contributed by atoms with E-state index in [0.29, 0.717) is 31.5 Å². The van der Waals surface area contributed by atoms with Crippen molar-refractivity contribution in [2.24, 2.45) is 0 Å². The molecule has 0 aliphatic carbocycles. The summed E-state index contributed by atoms with van der Waals surface area (Å²) in [5, 5.41) is 6.55. The summed E-state index contributed by atoms with van der Waals surface area (Å²) >= 11 is 3.32. The highest BCUT2D eigenvalue weighted by Gasteiger charge is 2.39. The molecule has 3 rings (SSSR count). The maximum absolute atomic E-state index is 12.5. The van der Waals surface area contributed by atoms with Crippen molar-refractivity contribution in [1.82, 2.24) is 15.1 Å². The van der Waals surface area contributed by atoms with Crippen molar-refractivity contribution >= 4 is 21.8 Å². The number of piperidine rings is 1. The lowest BCUT2D eigenvalue weighted by Crippen LogP contribution is -2.38. The third-order valence-electron chi connectivity index (χ3n) is 3.89.